The van der Waals surface area contributed by atoms with Crippen LogP contribution in [-0.2, 0) is 19.1 Å². The van der Waals surface area contributed by atoms with E-state index >= 15 is 0 Å². The quantitative estimate of drug-likeness (QED) is 0.394. The third-order valence-corrected chi connectivity index (χ3v) is 3.03. The number of carbonyl (C=O) groups is 2. The predicted octanol–water partition coefficient (Wildman–Crippen LogP) is -2.24. The molecule has 0 saturated carbocycles. The summed E-state index contributed by atoms with van der Waals surface area (Å²) in [5.41, 5.74) is 0. The Hall–Kier alpha value is -1.22. The van der Waals surface area contributed by atoms with Crippen molar-refractivity contribution in [2.45, 2.75) is 37.8 Å². The number of rotatable bonds is 7. The topological polar surface area (TPSA) is 117 Å². The molecule has 2 amide bonds. The molecule has 1 saturated heterocycles. The number of ether oxygens (including phenoxy) is 2. The lowest BCUT2D eigenvalue weighted by atomic mass is 10.1. The summed E-state index contributed by atoms with van der Waals surface area (Å²) in [4.78, 5) is 22.4. The predicted molar refractivity (Wildman–Crippen MR) is 68.9 cm³/mol. The van der Waals surface area contributed by atoms with Crippen molar-refractivity contribution >= 4 is 11.8 Å². The largest absolute Gasteiger partial charge is 0.388 e. The molecule has 4 N–H and O–H groups in total. The van der Waals surface area contributed by atoms with Gasteiger partial charge in [-0.15, -0.1) is 0 Å². The third-order valence-electron chi connectivity index (χ3n) is 3.03. The van der Waals surface area contributed by atoms with Crippen LogP contribution < -0.4 is 10.6 Å². The highest BCUT2D eigenvalue weighted by molar-refractivity contribution is 5.76. The Morgan fingerprint density at radius 1 is 1.20 bits per heavy atom. The van der Waals surface area contributed by atoms with E-state index in [1.165, 1.54) is 14.0 Å². The van der Waals surface area contributed by atoms with Gasteiger partial charge in [-0.2, -0.15) is 0 Å². The standard InChI is InChI=1S/C12H22N2O6/c1-7(15)14-6-9-12(18)11(17)8(20-9)5-10(16)13-3-4-19-2/h8-9,11-12,17-18H,3-6H2,1-2H3,(H,13,16)(H,14,15)/t8-,9+,11-,12+/m0/s1. The average Bonchev–Trinajstić information content (AvgIpc) is 2.65. The molecule has 116 valence electrons. The third kappa shape index (κ3) is 5.04. The lowest BCUT2D eigenvalue weighted by molar-refractivity contribution is -0.125. The molecular formula is C12H22N2O6. The molecular weight excluding hydrogens is 268 g/mol. The summed E-state index contributed by atoms with van der Waals surface area (Å²) >= 11 is 0. The van der Waals surface area contributed by atoms with E-state index in [9.17, 15) is 19.8 Å². The van der Waals surface area contributed by atoms with E-state index in [1.807, 2.05) is 0 Å². The molecule has 8 nitrogen and oxygen atoms in total. The van der Waals surface area contributed by atoms with E-state index in [-0.39, 0.29) is 24.8 Å². The second-order valence-electron chi connectivity index (χ2n) is 4.68. The molecule has 1 aliphatic heterocycles. The van der Waals surface area contributed by atoms with E-state index in [2.05, 4.69) is 10.6 Å². The van der Waals surface area contributed by atoms with Crippen LogP contribution in [0.2, 0.25) is 0 Å². The van der Waals surface area contributed by atoms with Crippen molar-refractivity contribution in [1.29, 1.82) is 0 Å². The molecule has 0 spiro atoms. The fourth-order valence-electron chi connectivity index (χ4n) is 1.95. The van der Waals surface area contributed by atoms with E-state index in [0.717, 1.165) is 0 Å². The maximum absolute atomic E-state index is 11.6. The van der Waals surface area contributed by atoms with Gasteiger partial charge in [0.1, 0.15) is 18.3 Å². The van der Waals surface area contributed by atoms with Gasteiger partial charge in [0, 0.05) is 27.1 Å². The zero-order valence-corrected chi connectivity index (χ0v) is 11.7. The number of amides is 2. The molecule has 8 heteroatoms. The zero-order valence-electron chi connectivity index (χ0n) is 11.7. The average molecular weight is 290 g/mol. The smallest absolute Gasteiger partial charge is 0.222 e. The van der Waals surface area contributed by atoms with E-state index in [4.69, 9.17) is 9.47 Å². The molecule has 1 heterocycles. The van der Waals surface area contributed by atoms with Crippen molar-refractivity contribution in [3.05, 3.63) is 0 Å². The molecule has 0 radical (unpaired) electrons. The summed E-state index contributed by atoms with van der Waals surface area (Å²) in [7, 11) is 1.53. The zero-order chi connectivity index (χ0) is 15.1. The van der Waals surface area contributed by atoms with Crippen molar-refractivity contribution < 1.29 is 29.3 Å². The van der Waals surface area contributed by atoms with Crippen molar-refractivity contribution in [2.24, 2.45) is 0 Å². The molecule has 0 bridgehead atoms. The van der Waals surface area contributed by atoms with Crippen LogP contribution in [0.3, 0.4) is 0 Å². The first-order valence-corrected chi connectivity index (χ1v) is 6.47. The normalized spacial score (nSPS) is 29.2. The molecule has 0 aromatic rings. The lowest BCUT2D eigenvalue weighted by Crippen LogP contribution is -2.39. The number of hydrogen-bond donors (Lipinski definition) is 4. The van der Waals surface area contributed by atoms with Gasteiger partial charge >= 0.3 is 0 Å². The molecule has 0 aromatic carbocycles. The number of hydrogen-bond acceptors (Lipinski definition) is 6. The highest BCUT2D eigenvalue weighted by Gasteiger charge is 2.43. The Morgan fingerprint density at radius 2 is 1.85 bits per heavy atom. The van der Waals surface area contributed by atoms with Crippen LogP contribution in [-0.4, -0.2) is 73.2 Å². The number of aliphatic hydroxyl groups excluding tert-OH is 2. The molecule has 0 aliphatic carbocycles. The highest BCUT2D eigenvalue weighted by atomic mass is 16.5. The van der Waals surface area contributed by atoms with E-state index in [1.54, 1.807) is 0 Å². The van der Waals surface area contributed by atoms with Crippen molar-refractivity contribution in [2.75, 3.05) is 26.8 Å². The molecule has 0 unspecified atom stereocenters. The monoisotopic (exact) mass is 290 g/mol. The van der Waals surface area contributed by atoms with Crippen molar-refractivity contribution in [1.82, 2.24) is 10.6 Å². The molecule has 1 aliphatic rings. The summed E-state index contributed by atoms with van der Waals surface area (Å²) in [6.45, 7) is 2.21. The first-order chi connectivity index (χ1) is 9.45. The lowest BCUT2D eigenvalue weighted by Gasteiger charge is -2.14. The molecule has 1 rings (SSSR count). The number of methoxy groups -OCH3 is 1. The van der Waals surface area contributed by atoms with Gasteiger partial charge in [-0.3, -0.25) is 9.59 Å². The van der Waals surface area contributed by atoms with Gasteiger partial charge in [0.15, 0.2) is 0 Å². The van der Waals surface area contributed by atoms with E-state index in [0.29, 0.717) is 13.2 Å². The Labute approximate surface area is 117 Å². The summed E-state index contributed by atoms with van der Waals surface area (Å²) < 4.78 is 10.2. The van der Waals surface area contributed by atoms with Gasteiger partial charge in [-0.05, 0) is 0 Å². The summed E-state index contributed by atoms with van der Waals surface area (Å²) in [5.74, 6) is -0.547. The SMILES string of the molecule is COCCNC(=O)C[C@@H]1O[C@H](CNC(C)=O)[C@@H](O)[C@H]1O. The van der Waals surface area contributed by atoms with Crippen LogP contribution >= 0.6 is 0 Å². The fourth-order valence-corrected chi connectivity index (χ4v) is 1.95. The maximum atomic E-state index is 11.6. The second kappa shape index (κ2) is 8.15. The van der Waals surface area contributed by atoms with Gasteiger partial charge in [-0.25, -0.2) is 0 Å². The van der Waals surface area contributed by atoms with Gasteiger partial charge in [-0.1, -0.05) is 0 Å². The highest BCUT2D eigenvalue weighted by Crippen LogP contribution is 2.23. The summed E-state index contributed by atoms with van der Waals surface area (Å²) in [5, 5.41) is 24.7. The van der Waals surface area contributed by atoms with Crippen LogP contribution in [0.1, 0.15) is 13.3 Å². The van der Waals surface area contributed by atoms with Crippen LogP contribution in [0.25, 0.3) is 0 Å². The van der Waals surface area contributed by atoms with Crippen LogP contribution in [0.5, 0.6) is 0 Å². The molecule has 1 fully saturated rings. The van der Waals surface area contributed by atoms with Crippen molar-refractivity contribution in [3.8, 4) is 0 Å². The van der Waals surface area contributed by atoms with Gasteiger partial charge < -0.3 is 30.3 Å². The molecule has 4 atom stereocenters. The number of nitrogens with one attached hydrogen (secondary N) is 2. The molecule has 20 heavy (non-hydrogen) atoms. The van der Waals surface area contributed by atoms with Gasteiger partial charge in [0.2, 0.25) is 11.8 Å². The Morgan fingerprint density at radius 3 is 2.45 bits per heavy atom. The second-order valence-corrected chi connectivity index (χ2v) is 4.68. The van der Waals surface area contributed by atoms with Crippen LogP contribution in [0.15, 0.2) is 0 Å². The first-order valence-electron chi connectivity index (χ1n) is 6.47. The molecule has 0 aromatic heterocycles. The number of carbonyl (C=O) groups excluding carboxylic acids is 2. The van der Waals surface area contributed by atoms with E-state index < -0.39 is 24.4 Å². The minimum atomic E-state index is -1.15. The number of aliphatic hydroxyl groups is 2. The fraction of sp³-hybridized carbons (Fsp3) is 0.833. The first kappa shape index (κ1) is 16.8. The minimum Gasteiger partial charge on any atom is -0.388 e. The maximum Gasteiger partial charge on any atom is 0.222 e. The Balaban J connectivity index is 2.39. The van der Waals surface area contributed by atoms with Gasteiger partial charge in [0.25, 0.3) is 0 Å². The summed E-state index contributed by atoms with van der Waals surface area (Å²) in [6.07, 6.45) is -3.84. The van der Waals surface area contributed by atoms with Gasteiger partial charge in [0.05, 0.1) is 19.1 Å². The van der Waals surface area contributed by atoms with Crippen molar-refractivity contribution in [3.63, 3.8) is 0 Å². The van der Waals surface area contributed by atoms with Crippen LogP contribution in [0.4, 0.5) is 0 Å². The minimum absolute atomic E-state index is 0.0570. The Kier molecular flexibility index (Phi) is 6.86. The summed E-state index contributed by atoms with van der Waals surface area (Å²) in [6, 6.07) is 0. The Bertz CT molecular complexity index is 338. The van der Waals surface area contributed by atoms with Crippen LogP contribution in [0, 0.1) is 0 Å².